The van der Waals surface area contributed by atoms with Gasteiger partial charge in [-0.1, -0.05) is 72.6 Å². The van der Waals surface area contributed by atoms with Gasteiger partial charge in [0.2, 0.25) is 0 Å². The average Bonchev–Trinajstić information content (AvgIpc) is 2.70. The zero-order valence-corrected chi connectivity index (χ0v) is 27.9. The molecule has 33 heavy (non-hydrogen) atoms. The predicted octanol–water partition coefficient (Wildman–Crippen LogP) is 3.07. The van der Waals surface area contributed by atoms with E-state index < -0.39 is 0 Å². The molecule has 0 saturated carbocycles. The second-order valence-corrected chi connectivity index (χ2v) is 11.4. The van der Waals surface area contributed by atoms with Crippen molar-refractivity contribution in [2.75, 3.05) is 0 Å². The third-order valence-electron chi connectivity index (χ3n) is 7.87. The smallest absolute Gasteiger partial charge is 1.00 e. The van der Waals surface area contributed by atoms with Crippen LogP contribution in [0.1, 0.15) is 124 Å². The minimum atomic E-state index is -0.0712. The molecular weight excluding hydrogens is 426 g/mol. The number of ether oxygens (including phenoxy) is 1. The largest absolute Gasteiger partial charge is 1.00 e. The Morgan fingerprint density at radius 1 is 0.818 bits per heavy atom. The monoisotopic (exact) mass is 478 g/mol. The normalized spacial score (nSPS) is 19.2. The van der Waals surface area contributed by atoms with Crippen LogP contribution in [0.15, 0.2) is 0 Å². The molecule has 1 aliphatic heterocycles. The number of benzene rings is 1. The first-order valence-electron chi connectivity index (χ1n) is 13.0. The molecule has 1 N–H and O–H groups in total. The van der Waals surface area contributed by atoms with Crippen LogP contribution >= 0.6 is 0 Å². The maximum absolute atomic E-state index is 10.4. The summed E-state index contributed by atoms with van der Waals surface area (Å²) < 4.78 is 6.60. The molecule has 1 aromatic rings. The Hall–Kier alpha value is 0.820. The molecule has 182 valence electrons. The van der Waals surface area contributed by atoms with E-state index in [0.29, 0.717) is 5.75 Å². The van der Waals surface area contributed by atoms with Gasteiger partial charge in [-0.25, -0.2) is 0 Å². The zero-order chi connectivity index (χ0) is 23.2. The molecule has 0 spiro atoms. The molecule has 0 radical (unpaired) electrons. The predicted molar refractivity (Wildman–Crippen MR) is 137 cm³/mol. The van der Waals surface area contributed by atoms with Crippen molar-refractivity contribution >= 4 is 0 Å². The molecule has 0 aromatic heterocycles. The summed E-state index contributed by atoms with van der Waals surface area (Å²) in [6, 6.07) is 0. The zero-order valence-electron chi connectivity index (χ0n) is 25.9. The first kappa shape index (κ1) is 33.8. The van der Waals surface area contributed by atoms with Gasteiger partial charge >= 0.3 is 59.1 Å². The summed E-state index contributed by atoms with van der Waals surface area (Å²) in [6.45, 7) is 17.9. The SMILES string of the molecule is Cc1c(C)c2c(c(C)c1O)CC[C@@](C)(CCC[C@H](C)CCC[C@H](C)CCCC(C)C)O2.[H-].[H-].[Na+].[Na+]. The van der Waals surface area contributed by atoms with Crippen LogP contribution in [-0.4, -0.2) is 10.7 Å². The number of phenolic OH excluding ortho intramolecular Hbond substituents is 1. The van der Waals surface area contributed by atoms with Gasteiger partial charge in [-0.3, -0.25) is 0 Å². The number of aromatic hydroxyl groups is 1. The first-order valence-corrected chi connectivity index (χ1v) is 13.0. The maximum atomic E-state index is 10.4. The summed E-state index contributed by atoms with van der Waals surface area (Å²) in [4.78, 5) is 0. The summed E-state index contributed by atoms with van der Waals surface area (Å²) >= 11 is 0. The second-order valence-electron chi connectivity index (χ2n) is 11.4. The maximum Gasteiger partial charge on any atom is 1.00 e. The van der Waals surface area contributed by atoms with Crippen molar-refractivity contribution in [3.63, 3.8) is 0 Å². The van der Waals surface area contributed by atoms with Crippen LogP contribution in [0.25, 0.3) is 0 Å². The van der Waals surface area contributed by atoms with Crippen LogP contribution in [0.2, 0.25) is 0 Å². The molecule has 0 saturated heterocycles. The standard InChI is InChI=1S/C29H50O2.2Na.2H/c1-20(2)12-9-13-21(3)14-10-15-22(4)16-11-18-29(8)19-17-26-25(7)27(30)23(5)24(6)28(26)31-29;;;;/h20-22,30H,9-19H2,1-8H3;;;;/q;2*+1;2*-1/t21-,22-,29-;;;;/m1..../s1. The molecule has 0 bridgehead atoms. The Morgan fingerprint density at radius 2 is 1.33 bits per heavy atom. The van der Waals surface area contributed by atoms with E-state index in [4.69, 9.17) is 4.74 Å². The molecule has 3 atom stereocenters. The number of phenols is 1. The second kappa shape index (κ2) is 15.8. The Kier molecular flexibility index (Phi) is 16.2. The summed E-state index contributed by atoms with van der Waals surface area (Å²) in [5, 5.41) is 10.4. The fraction of sp³-hybridized carbons (Fsp3) is 0.793. The molecule has 2 nitrogen and oxygen atoms in total. The van der Waals surface area contributed by atoms with Gasteiger partial charge in [0.1, 0.15) is 17.1 Å². The molecular formula is C29H52Na2O2. The van der Waals surface area contributed by atoms with Crippen LogP contribution in [0.4, 0.5) is 0 Å². The van der Waals surface area contributed by atoms with Crippen molar-refractivity contribution in [3.05, 3.63) is 22.3 Å². The molecule has 0 fully saturated rings. The van der Waals surface area contributed by atoms with Crippen LogP contribution in [-0.2, 0) is 6.42 Å². The Labute approximate surface area is 253 Å². The van der Waals surface area contributed by atoms with Crippen molar-refractivity contribution < 1.29 is 71.8 Å². The average molecular weight is 479 g/mol. The fourth-order valence-electron chi connectivity index (χ4n) is 5.27. The van der Waals surface area contributed by atoms with Gasteiger partial charge in [0.25, 0.3) is 0 Å². The van der Waals surface area contributed by atoms with Crippen molar-refractivity contribution in [1.82, 2.24) is 0 Å². The molecule has 1 heterocycles. The van der Waals surface area contributed by atoms with Crippen LogP contribution < -0.4 is 63.9 Å². The molecule has 0 aliphatic carbocycles. The number of hydrogen-bond donors (Lipinski definition) is 1. The van der Waals surface area contributed by atoms with Gasteiger partial charge in [-0.05, 0) is 87.8 Å². The van der Waals surface area contributed by atoms with E-state index in [0.717, 1.165) is 59.5 Å². The minimum Gasteiger partial charge on any atom is -1.00 e. The Morgan fingerprint density at radius 3 is 1.88 bits per heavy atom. The summed E-state index contributed by atoms with van der Waals surface area (Å²) in [6.07, 6.45) is 14.1. The molecule has 0 unspecified atom stereocenters. The van der Waals surface area contributed by atoms with E-state index in [1.165, 1.54) is 56.9 Å². The van der Waals surface area contributed by atoms with Gasteiger partial charge in [0.15, 0.2) is 0 Å². The number of hydrogen-bond acceptors (Lipinski definition) is 2. The van der Waals surface area contributed by atoms with E-state index in [9.17, 15) is 5.11 Å². The Balaban J connectivity index is -0.00000256. The van der Waals surface area contributed by atoms with Crippen molar-refractivity contribution in [3.8, 4) is 11.5 Å². The van der Waals surface area contributed by atoms with Gasteiger partial charge in [0, 0.05) is 5.56 Å². The van der Waals surface area contributed by atoms with Crippen LogP contribution in [0.3, 0.4) is 0 Å². The van der Waals surface area contributed by atoms with Crippen molar-refractivity contribution in [1.29, 1.82) is 0 Å². The molecule has 1 aliphatic rings. The topological polar surface area (TPSA) is 29.5 Å². The van der Waals surface area contributed by atoms with Gasteiger partial charge in [0.05, 0.1) is 0 Å². The van der Waals surface area contributed by atoms with Crippen LogP contribution in [0.5, 0.6) is 11.5 Å². The molecule has 0 amide bonds. The van der Waals surface area contributed by atoms with Gasteiger partial charge < -0.3 is 12.7 Å². The third-order valence-corrected chi connectivity index (χ3v) is 7.87. The first-order chi connectivity index (χ1) is 14.5. The van der Waals surface area contributed by atoms with Gasteiger partial charge in [-0.15, -0.1) is 0 Å². The fourth-order valence-corrected chi connectivity index (χ4v) is 5.27. The molecule has 4 heteroatoms. The van der Waals surface area contributed by atoms with Crippen molar-refractivity contribution in [2.45, 2.75) is 132 Å². The van der Waals surface area contributed by atoms with E-state index in [1.807, 2.05) is 13.8 Å². The minimum absolute atomic E-state index is 0. The third kappa shape index (κ3) is 10.4. The molecule has 1 aromatic carbocycles. The number of rotatable bonds is 12. The summed E-state index contributed by atoms with van der Waals surface area (Å²) in [7, 11) is 0. The quantitative estimate of drug-likeness (QED) is 0.468. The van der Waals surface area contributed by atoms with E-state index in [-0.39, 0.29) is 67.6 Å². The molecule has 2 rings (SSSR count). The number of fused-ring (bicyclic) bond motifs is 1. The van der Waals surface area contributed by atoms with E-state index >= 15 is 0 Å². The van der Waals surface area contributed by atoms with Gasteiger partial charge in [-0.2, -0.15) is 0 Å². The van der Waals surface area contributed by atoms with E-state index in [2.05, 4.69) is 41.5 Å². The summed E-state index contributed by atoms with van der Waals surface area (Å²) in [5.74, 6) is 4.04. The van der Waals surface area contributed by atoms with Crippen LogP contribution in [0, 0.1) is 38.5 Å². The Bertz CT molecular complexity index is 727. The summed E-state index contributed by atoms with van der Waals surface area (Å²) in [5.41, 5.74) is 4.23. The van der Waals surface area contributed by atoms with Crippen molar-refractivity contribution in [2.24, 2.45) is 17.8 Å². The van der Waals surface area contributed by atoms with E-state index in [1.54, 1.807) is 0 Å².